The molecule has 0 aliphatic carbocycles. The number of hydrogen-bond donors (Lipinski definition) is 0. The van der Waals surface area contributed by atoms with Gasteiger partial charge in [-0.1, -0.05) is 24.6 Å². The average molecular weight is 318 g/mol. The van der Waals surface area contributed by atoms with Gasteiger partial charge in [0.15, 0.2) is 9.84 Å². The van der Waals surface area contributed by atoms with E-state index in [4.69, 9.17) is 0 Å². The summed E-state index contributed by atoms with van der Waals surface area (Å²) in [5.74, 6) is 0.155. The molecule has 1 saturated heterocycles. The molecule has 2 heterocycles. The van der Waals surface area contributed by atoms with E-state index < -0.39 is 9.84 Å². The highest BCUT2D eigenvalue weighted by Gasteiger charge is 2.25. The Labute approximate surface area is 132 Å². The molecule has 1 aromatic carbocycles. The molecule has 1 fully saturated rings. The van der Waals surface area contributed by atoms with Crippen molar-refractivity contribution >= 4 is 20.7 Å². The van der Waals surface area contributed by atoms with Crippen LogP contribution in [0.1, 0.15) is 26.2 Å². The van der Waals surface area contributed by atoms with E-state index in [1.54, 1.807) is 18.3 Å². The van der Waals surface area contributed by atoms with Gasteiger partial charge in [0.2, 0.25) is 0 Å². The van der Waals surface area contributed by atoms with Gasteiger partial charge in [0.25, 0.3) is 0 Å². The Balaban J connectivity index is 1.88. The average Bonchev–Trinajstić information content (AvgIpc) is 2.54. The summed E-state index contributed by atoms with van der Waals surface area (Å²) in [6.45, 7) is 4.02. The number of sulfone groups is 1. The zero-order valence-electron chi connectivity index (χ0n) is 12.9. The highest BCUT2D eigenvalue weighted by Crippen LogP contribution is 2.23. The third-order valence-corrected chi connectivity index (χ3v) is 6.33. The molecule has 1 aromatic heterocycles. The molecule has 1 aliphatic rings. The van der Waals surface area contributed by atoms with Gasteiger partial charge in [0.05, 0.1) is 16.2 Å². The fourth-order valence-electron chi connectivity index (χ4n) is 3.20. The van der Waals surface area contributed by atoms with Crippen molar-refractivity contribution in [3.8, 4) is 0 Å². The van der Waals surface area contributed by atoms with Crippen molar-refractivity contribution in [1.82, 2.24) is 9.88 Å². The maximum atomic E-state index is 12.8. The van der Waals surface area contributed by atoms with E-state index in [0.717, 1.165) is 18.5 Å². The second kappa shape index (κ2) is 6.34. The van der Waals surface area contributed by atoms with Crippen LogP contribution < -0.4 is 0 Å². The highest BCUT2D eigenvalue weighted by molar-refractivity contribution is 7.91. The minimum atomic E-state index is -3.34. The molecule has 22 heavy (non-hydrogen) atoms. The number of aromatic nitrogens is 1. The predicted molar refractivity (Wildman–Crippen MR) is 88.7 cm³/mol. The van der Waals surface area contributed by atoms with Crippen molar-refractivity contribution in [3.63, 3.8) is 0 Å². The first kappa shape index (κ1) is 15.4. The summed E-state index contributed by atoms with van der Waals surface area (Å²) in [5, 5.41) is 0.870. The normalized spacial score (nSPS) is 18.4. The highest BCUT2D eigenvalue weighted by atomic mass is 32.2. The van der Waals surface area contributed by atoms with Crippen LogP contribution in [-0.2, 0) is 9.84 Å². The first-order valence-corrected chi connectivity index (χ1v) is 9.54. The van der Waals surface area contributed by atoms with E-state index in [-0.39, 0.29) is 11.8 Å². The number of pyridine rings is 1. The predicted octanol–water partition coefficient (Wildman–Crippen LogP) is 2.88. The Morgan fingerprint density at radius 3 is 2.64 bits per heavy atom. The minimum absolute atomic E-state index is 0.0456. The van der Waals surface area contributed by atoms with Crippen molar-refractivity contribution in [3.05, 3.63) is 36.5 Å². The lowest BCUT2D eigenvalue weighted by molar-refractivity contribution is 0.186. The van der Waals surface area contributed by atoms with Crippen molar-refractivity contribution in [2.75, 3.05) is 18.8 Å². The number of likely N-dealkylation sites (tertiary alicyclic amines) is 1. The first-order chi connectivity index (χ1) is 10.6. The topological polar surface area (TPSA) is 50.3 Å². The molecule has 118 valence electrons. The van der Waals surface area contributed by atoms with Crippen molar-refractivity contribution in [1.29, 1.82) is 0 Å². The lowest BCUT2D eigenvalue weighted by Crippen LogP contribution is -2.41. The van der Waals surface area contributed by atoms with Crippen LogP contribution in [-0.4, -0.2) is 43.2 Å². The maximum Gasteiger partial charge on any atom is 0.182 e. The summed E-state index contributed by atoms with van der Waals surface area (Å²) in [5.41, 5.74) is 0.579. The lowest BCUT2D eigenvalue weighted by Gasteiger charge is -2.32. The molecule has 0 saturated carbocycles. The molecule has 0 bridgehead atoms. The fourth-order valence-corrected chi connectivity index (χ4v) is 4.98. The van der Waals surface area contributed by atoms with E-state index in [2.05, 4.69) is 9.88 Å². The van der Waals surface area contributed by atoms with Gasteiger partial charge in [-0.05, 0) is 45.0 Å². The first-order valence-electron chi connectivity index (χ1n) is 7.88. The zero-order valence-corrected chi connectivity index (χ0v) is 13.7. The summed E-state index contributed by atoms with van der Waals surface area (Å²) in [6, 6.07) is 9.14. The third kappa shape index (κ3) is 3.15. The molecule has 0 amide bonds. The van der Waals surface area contributed by atoms with Crippen LogP contribution in [0.15, 0.2) is 41.4 Å². The van der Waals surface area contributed by atoms with Crippen LogP contribution in [0.25, 0.3) is 10.9 Å². The summed E-state index contributed by atoms with van der Waals surface area (Å²) in [4.78, 5) is 6.92. The number of fused-ring (bicyclic) bond motifs is 1. The van der Waals surface area contributed by atoms with Crippen LogP contribution in [0.3, 0.4) is 0 Å². The second-order valence-corrected chi connectivity index (χ2v) is 8.06. The second-order valence-electron chi connectivity index (χ2n) is 6.06. The van der Waals surface area contributed by atoms with Gasteiger partial charge in [-0.25, -0.2) is 8.42 Å². The number of hydrogen-bond acceptors (Lipinski definition) is 4. The quantitative estimate of drug-likeness (QED) is 0.870. The van der Waals surface area contributed by atoms with Gasteiger partial charge in [0, 0.05) is 17.6 Å². The Morgan fingerprint density at radius 1 is 1.14 bits per heavy atom. The lowest BCUT2D eigenvalue weighted by atomic mass is 10.1. The molecule has 5 heteroatoms. The summed E-state index contributed by atoms with van der Waals surface area (Å²) >= 11 is 0. The summed E-state index contributed by atoms with van der Waals surface area (Å²) in [7, 11) is -3.34. The molecule has 4 nitrogen and oxygen atoms in total. The fraction of sp³-hybridized carbons (Fsp3) is 0.471. The van der Waals surface area contributed by atoms with Crippen LogP contribution in [0, 0.1) is 0 Å². The molecule has 1 aliphatic heterocycles. The molecule has 2 aromatic rings. The van der Waals surface area contributed by atoms with Crippen LogP contribution >= 0.6 is 0 Å². The number of piperidine rings is 1. The molecule has 0 radical (unpaired) electrons. The van der Waals surface area contributed by atoms with Gasteiger partial charge in [-0.3, -0.25) is 9.88 Å². The van der Waals surface area contributed by atoms with E-state index in [1.807, 2.05) is 25.1 Å². The maximum absolute atomic E-state index is 12.8. The molecular formula is C17H22N2O2S. The van der Waals surface area contributed by atoms with Crippen molar-refractivity contribution in [2.24, 2.45) is 0 Å². The Bertz CT molecular complexity index is 747. The van der Waals surface area contributed by atoms with Gasteiger partial charge in [0.1, 0.15) is 0 Å². The smallest absolute Gasteiger partial charge is 0.182 e. The standard InChI is InChI=1S/C17H22N2O2S/c1-14(19-11-3-2-4-12-19)13-22(20,21)16-9-5-7-15-8-6-10-18-17(15)16/h5-10,14H,2-4,11-13H2,1H3/t14-/m0/s1. The largest absolute Gasteiger partial charge is 0.300 e. The molecule has 1 atom stereocenters. The SMILES string of the molecule is C[C@@H](CS(=O)(=O)c1cccc2cccnc12)N1CCCCC1. The van der Waals surface area contributed by atoms with Gasteiger partial charge in [-0.15, -0.1) is 0 Å². The van der Waals surface area contributed by atoms with Crippen LogP contribution in [0.2, 0.25) is 0 Å². The van der Waals surface area contributed by atoms with E-state index >= 15 is 0 Å². The van der Waals surface area contributed by atoms with Crippen molar-refractivity contribution < 1.29 is 8.42 Å². The van der Waals surface area contributed by atoms with E-state index in [9.17, 15) is 8.42 Å². The Kier molecular flexibility index (Phi) is 4.45. The number of nitrogens with zero attached hydrogens (tertiary/aromatic N) is 2. The van der Waals surface area contributed by atoms with E-state index in [0.29, 0.717) is 10.4 Å². The zero-order chi connectivity index (χ0) is 15.6. The molecule has 3 rings (SSSR count). The van der Waals surface area contributed by atoms with Crippen LogP contribution in [0.4, 0.5) is 0 Å². The Morgan fingerprint density at radius 2 is 1.86 bits per heavy atom. The molecule has 0 unspecified atom stereocenters. The van der Waals surface area contributed by atoms with Gasteiger partial charge < -0.3 is 0 Å². The molecule has 0 spiro atoms. The third-order valence-electron chi connectivity index (χ3n) is 4.41. The monoisotopic (exact) mass is 318 g/mol. The number of para-hydroxylation sites is 1. The van der Waals surface area contributed by atoms with Gasteiger partial charge >= 0.3 is 0 Å². The van der Waals surface area contributed by atoms with E-state index in [1.165, 1.54) is 19.3 Å². The molecular weight excluding hydrogens is 296 g/mol. The minimum Gasteiger partial charge on any atom is -0.300 e. The Hall–Kier alpha value is -1.46. The summed E-state index contributed by atoms with van der Waals surface area (Å²) in [6.07, 6.45) is 5.24. The number of rotatable bonds is 4. The number of benzene rings is 1. The van der Waals surface area contributed by atoms with Crippen molar-refractivity contribution in [2.45, 2.75) is 37.1 Å². The van der Waals surface area contributed by atoms with Crippen LogP contribution in [0.5, 0.6) is 0 Å². The summed E-state index contributed by atoms with van der Waals surface area (Å²) < 4.78 is 25.7. The van der Waals surface area contributed by atoms with Gasteiger partial charge in [-0.2, -0.15) is 0 Å². The molecule has 0 N–H and O–H groups in total.